The van der Waals surface area contributed by atoms with Crippen LogP contribution in [-0.4, -0.2) is 38.8 Å². The van der Waals surface area contributed by atoms with Crippen LogP contribution in [0, 0.1) is 5.82 Å². The molecule has 4 aromatic rings. The highest BCUT2D eigenvalue weighted by atomic mass is 19.4. The van der Waals surface area contributed by atoms with Crippen molar-refractivity contribution >= 4 is 34.6 Å². The molecule has 1 saturated heterocycles. The molecule has 1 N–H and O–H groups in total. The van der Waals surface area contributed by atoms with Crippen molar-refractivity contribution in [3.8, 4) is 17.2 Å². The summed E-state index contributed by atoms with van der Waals surface area (Å²) in [5, 5.41) is 0.763. The number of halogens is 4. The molecule has 1 aliphatic heterocycles. The van der Waals surface area contributed by atoms with Crippen molar-refractivity contribution in [3.63, 3.8) is 0 Å². The number of nitrogens with zero attached hydrogens (tertiary/aromatic N) is 3. The smallest absolute Gasteiger partial charge is 0.420 e. The summed E-state index contributed by atoms with van der Waals surface area (Å²) in [5.41, 5.74) is -1.07. The monoisotopic (exact) mass is 578 g/mol. The predicted octanol–water partition coefficient (Wildman–Crippen LogP) is 6.10. The van der Waals surface area contributed by atoms with Gasteiger partial charge in [0.2, 0.25) is 0 Å². The number of H-pyrrole nitrogens is 1. The van der Waals surface area contributed by atoms with E-state index < -0.39 is 52.9 Å². The van der Waals surface area contributed by atoms with E-state index in [0.29, 0.717) is 27.3 Å². The van der Waals surface area contributed by atoms with Gasteiger partial charge in [0.15, 0.2) is 0 Å². The zero-order valence-corrected chi connectivity index (χ0v) is 21.3. The predicted molar refractivity (Wildman–Crippen MR) is 140 cm³/mol. The van der Waals surface area contributed by atoms with Crippen molar-refractivity contribution in [2.45, 2.75) is 18.7 Å². The number of pyridine rings is 1. The summed E-state index contributed by atoms with van der Waals surface area (Å²) in [6.07, 6.45) is 2.67. The number of carbonyl (C=O) groups excluding carboxylic acids is 3. The molecule has 42 heavy (non-hydrogen) atoms. The van der Waals surface area contributed by atoms with Crippen molar-refractivity contribution in [1.82, 2.24) is 14.9 Å². The van der Waals surface area contributed by atoms with E-state index in [1.807, 2.05) is 0 Å². The molecule has 4 amide bonds. The van der Waals surface area contributed by atoms with Crippen LogP contribution in [0.5, 0.6) is 17.2 Å². The molecule has 0 saturated carbocycles. The Morgan fingerprint density at radius 2 is 1.69 bits per heavy atom. The van der Waals surface area contributed by atoms with Gasteiger partial charge in [0.05, 0.1) is 16.8 Å². The number of ether oxygens (including phenoxy) is 2. The zero-order valence-electron chi connectivity index (χ0n) is 21.3. The van der Waals surface area contributed by atoms with E-state index in [0.717, 1.165) is 41.8 Å². The van der Waals surface area contributed by atoms with Crippen molar-refractivity contribution in [2.24, 2.45) is 0 Å². The molecule has 0 radical (unpaired) electrons. The minimum Gasteiger partial charge on any atom is -0.485 e. The van der Waals surface area contributed by atoms with Gasteiger partial charge < -0.3 is 14.5 Å². The van der Waals surface area contributed by atoms with Crippen molar-refractivity contribution in [1.29, 1.82) is 0 Å². The number of aromatic nitrogens is 2. The Labute approximate surface area is 234 Å². The number of alkyl halides is 3. The Kier molecular flexibility index (Phi) is 6.48. The summed E-state index contributed by atoms with van der Waals surface area (Å²) >= 11 is 0. The first-order valence-electron chi connectivity index (χ1n) is 12.4. The summed E-state index contributed by atoms with van der Waals surface area (Å²) in [5.74, 6) is -3.29. The van der Waals surface area contributed by atoms with Crippen LogP contribution in [0.15, 0.2) is 90.9 Å². The van der Waals surface area contributed by atoms with Crippen LogP contribution in [0.2, 0.25) is 0 Å². The number of allylic oxidation sites excluding steroid dienone is 1. The standard InChI is InChI=1S/C29H18F4N4O5/c30-16-1-6-19(7-2-16)42-24-10-5-18(15-22(24)29(31,32)33)37-27(39)26(38)36(28(37)40)17-3-8-20(9-4-17)41-23-12-14-35-25-21(23)11-13-34-25/h1-8,10-15,20H,9H2,(H,34,35). The van der Waals surface area contributed by atoms with Crippen molar-refractivity contribution in [2.75, 3.05) is 4.90 Å². The average molecular weight is 578 g/mol. The Hall–Kier alpha value is -5.46. The second-order valence-corrected chi connectivity index (χ2v) is 9.23. The van der Waals surface area contributed by atoms with Gasteiger partial charge in [-0.05, 0) is 66.7 Å². The highest BCUT2D eigenvalue weighted by Gasteiger charge is 2.48. The Balaban J connectivity index is 1.22. The van der Waals surface area contributed by atoms with Crippen molar-refractivity contribution in [3.05, 3.63) is 102 Å². The molecular weight excluding hydrogens is 560 g/mol. The summed E-state index contributed by atoms with van der Waals surface area (Å²) in [6.45, 7) is 0. The van der Waals surface area contributed by atoms with Gasteiger partial charge >= 0.3 is 24.0 Å². The molecule has 2 aromatic heterocycles. The summed E-state index contributed by atoms with van der Waals surface area (Å²) < 4.78 is 66.3. The van der Waals surface area contributed by atoms with E-state index in [4.69, 9.17) is 9.47 Å². The Bertz CT molecular complexity index is 1800. The fourth-order valence-electron chi connectivity index (χ4n) is 4.56. The van der Waals surface area contributed by atoms with E-state index in [1.54, 1.807) is 30.6 Å². The molecule has 9 nitrogen and oxygen atoms in total. The van der Waals surface area contributed by atoms with Crippen LogP contribution in [0.25, 0.3) is 11.0 Å². The maximum absolute atomic E-state index is 13.9. The lowest BCUT2D eigenvalue weighted by molar-refractivity contribution is -0.138. The molecular formula is C29H18F4N4O5. The quantitative estimate of drug-likeness (QED) is 0.169. The topological polar surface area (TPSA) is 105 Å². The number of nitrogens with one attached hydrogen (secondary N) is 1. The number of amides is 4. The molecule has 0 bridgehead atoms. The molecule has 13 heteroatoms. The minimum atomic E-state index is -4.95. The summed E-state index contributed by atoms with van der Waals surface area (Å²) in [7, 11) is 0. The number of urea groups is 1. The molecule has 0 spiro atoms. The molecule has 1 fully saturated rings. The maximum atomic E-state index is 13.9. The second-order valence-electron chi connectivity index (χ2n) is 9.23. The van der Waals surface area contributed by atoms with Gasteiger partial charge in [-0.1, -0.05) is 6.08 Å². The van der Waals surface area contributed by atoms with Gasteiger partial charge in [0, 0.05) is 18.8 Å². The number of rotatable bonds is 6. The minimum absolute atomic E-state index is 0.0657. The third kappa shape index (κ3) is 4.85. The number of hydrogen-bond donors (Lipinski definition) is 1. The fraction of sp³-hybridized carbons (Fsp3) is 0.103. The highest BCUT2D eigenvalue weighted by Crippen LogP contribution is 2.41. The largest absolute Gasteiger partial charge is 0.485 e. The normalized spacial score (nSPS) is 17.3. The van der Waals surface area contributed by atoms with E-state index >= 15 is 0 Å². The molecule has 1 atom stereocenters. The van der Waals surface area contributed by atoms with Crippen molar-refractivity contribution < 1.29 is 41.4 Å². The maximum Gasteiger partial charge on any atom is 0.420 e. The first-order chi connectivity index (χ1) is 20.1. The lowest BCUT2D eigenvalue weighted by Gasteiger charge is -2.22. The summed E-state index contributed by atoms with van der Waals surface area (Å²) in [4.78, 5) is 47.0. The fourth-order valence-corrected chi connectivity index (χ4v) is 4.56. The van der Waals surface area contributed by atoms with E-state index in [2.05, 4.69) is 9.97 Å². The number of hydrogen-bond acceptors (Lipinski definition) is 6. The molecule has 1 aliphatic carbocycles. The molecule has 2 aromatic carbocycles. The van der Waals surface area contributed by atoms with Gasteiger partial charge in [-0.3, -0.25) is 9.59 Å². The van der Waals surface area contributed by atoms with Crippen LogP contribution in [0.3, 0.4) is 0 Å². The lowest BCUT2D eigenvalue weighted by Crippen LogP contribution is -2.33. The van der Waals surface area contributed by atoms with E-state index in [1.165, 1.54) is 12.2 Å². The SMILES string of the molecule is O=C1C(=O)N(c2ccc(Oc3ccc(F)cc3)c(C(F)(F)F)c2)C(=O)N1C1=CCC(Oc2ccnc3[nH]ccc23)C=C1. The lowest BCUT2D eigenvalue weighted by atomic mass is 10.1. The van der Waals surface area contributed by atoms with Crippen LogP contribution < -0.4 is 14.4 Å². The molecule has 6 rings (SSSR count). The van der Waals surface area contributed by atoms with Crippen LogP contribution in [0.4, 0.5) is 28.0 Å². The number of carbonyl (C=O) groups is 3. The Morgan fingerprint density at radius 3 is 2.40 bits per heavy atom. The number of anilines is 1. The van der Waals surface area contributed by atoms with Crippen LogP contribution >= 0.6 is 0 Å². The third-order valence-corrected chi connectivity index (χ3v) is 6.54. The van der Waals surface area contributed by atoms with Gasteiger partial charge in [-0.15, -0.1) is 0 Å². The highest BCUT2D eigenvalue weighted by molar-refractivity contribution is 6.53. The number of fused-ring (bicyclic) bond motifs is 1. The number of imide groups is 2. The average Bonchev–Trinajstić information content (AvgIpc) is 3.53. The van der Waals surface area contributed by atoms with Crippen LogP contribution in [-0.2, 0) is 15.8 Å². The van der Waals surface area contributed by atoms with E-state index in [9.17, 15) is 31.9 Å². The second kappa shape index (κ2) is 10.2. The van der Waals surface area contributed by atoms with Gasteiger partial charge in [-0.2, -0.15) is 13.2 Å². The molecule has 3 heterocycles. The summed E-state index contributed by atoms with van der Waals surface area (Å²) in [6, 6.07) is 9.18. The number of aromatic amines is 1. The molecule has 212 valence electrons. The Morgan fingerprint density at radius 1 is 0.929 bits per heavy atom. The van der Waals surface area contributed by atoms with Gasteiger partial charge in [0.1, 0.15) is 40.4 Å². The zero-order chi connectivity index (χ0) is 29.6. The first kappa shape index (κ1) is 26.7. The van der Waals surface area contributed by atoms with Crippen LogP contribution in [0.1, 0.15) is 12.0 Å². The number of benzene rings is 2. The van der Waals surface area contributed by atoms with Gasteiger partial charge in [-0.25, -0.2) is 24.0 Å². The third-order valence-electron chi connectivity index (χ3n) is 6.54. The van der Waals surface area contributed by atoms with Gasteiger partial charge in [0.25, 0.3) is 0 Å². The van der Waals surface area contributed by atoms with E-state index in [-0.39, 0.29) is 17.9 Å². The molecule has 1 unspecified atom stereocenters. The first-order valence-corrected chi connectivity index (χ1v) is 12.4. The molecule has 2 aliphatic rings.